The zero-order valence-corrected chi connectivity index (χ0v) is 22.0. The van der Waals surface area contributed by atoms with Crippen LogP contribution in [0.2, 0.25) is 0 Å². The van der Waals surface area contributed by atoms with Crippen molar-refractivity contribution in [2.45, 2.75) is 19.6 Å². The molecule has 0 saturated carbocycles. The number of nitrogens with zero attached hydrogens (tertiary/aromatic N) is 2. The first-order valence-electron chi connectivity index (χ1n) is 12.3. The van der Waals surface area contributed by atoms with E-state index in [9.17, 15) is 19.8 Å². The molecule has 1 aliphatic rings. The molecule has 4 rings (SSSR count). The largest absolute Gasteiger partial charge is 0.507 e. The molecule has 0 radical (unpaired) electrons. The number of ketones is 1. The van der Waals surface area contributed by atoms with E-state index in [2.05, 4.69) is 0 Å². The van der Waals surface area contributed by atoms with Crippen molar-refractivity contribution >= 4 is 17.4 Å². The molecule has 0 spiro atoms. The van der Waals surface area contributed by atoms with Crippen molar-refractivity contribution in [2.24, 2.45) is 0 Å². The molecule has 38 heavy (non-hydrogen) atoms. The van der Waals surface area contributed by atoms with Crippen LogP contribution in [-0.4, -0.2) is 66.0 Å². The summed E-state index contributed by atoms with van der Waals surface area (Å²) in [7, 11) is 5.17. The van der Waals surface area contributed by atoms with Crippen LogP contribution in [0.4, 0.5) is 0 Å². The Hall–Kier alpha value is -4.30. The van der Waals surface area contributed by atoms with E-state index < -0.39 is 17.7 Å². The first-order valence-corrected chi connectivity index (χ1v) is 12.3. The standard InChI is InChI=1S/C30H32N2O6/c1-19-6-5-7-20(16-19)18-38-23-11-8-21(9-12-23)28(34)26-27(22-10-13-24(33)25(17-22)37-4)32(15-14-31(2)3)30(36)29(26)35/h5-13,16-17,27,33-34H,14-15,18H2,1-4H3/b28-26-. The molecule has 3 aromatic rings. The van der Waals surface area contributed by atoms with Gasteiger partial charge in [0.05, 0.1) is 18.7 Å². The second-order valence-electron chi connectivity index (χ2n) is 9.53. The molecule has 8 nitrogen and oxygen atoms in total. The molecule has 3 aromatic carbocycles. The third-order valence-corrected chi connectivity index (χ3v) is 6.46. The summed E-state index contributed by atoms with van der Waals surface area (Å²) >= 11 is 0. The zero-order valence-electron chi connectivity index (χ0n) is 22.0. The quantitative estimate of drug-likeness (QED) is 0.249. The van der Waals surface area contributed by atoms with E-state index in [0.29, 0.717) is 30.0 Å². The molecule has 198 valence electrons. The molecule has 1 aliphatic heterocycles. The van der Waals surface area contributed by atoms with E-state index in [0.717, 1.165) is 11.1 Å². The predicted molar refractivity (Wildman–Crippen MR) is 144 cm³/mol. The van der Waals surface area contributed by atoms with Crippen molar-refractivity contribution in [3.63, 3.8) is 0 Å². The lowest BCUT2D eigenvalue weighted by Gasteiger charge is -2.27. The third-order valence-electron chi connectivity index (χ3n) is 6.46. The van der Waals surface area contributed by atoms with E-state index >= 15 is 0 Å². The van der Waals surface area contributed by atoms with Crippen LogP contribution >= 0.6 is 0 Å². The number of phenolic OH excluding ortho intramolecular Hbond substituents is 1. The van der Waals surface area contributed by atoms with Gasteiger partial charge in [-0.05, 0) is 68.5 Å². The minimum absolute atomic E-state index is 0.0186. The van der Waals surface area contributed by atoms with Gasteiger partial charge >= 0.3 is 0 Å². The maximum Gasteiger partial charge on any atom is 0.295 e. The van der Waals surface area contributed by atoms with E-state index in [1.807, 2.05) is 50.2 Å². The Bertz CT molecular complexity index is 1360. The molecule has 8 heteroatoms. The fraction of sp³-hybridized carbons (Fsp3) is 0.267. The van der Waals surface area contributed by atoms with Crippen molar-refractivity contribution in [3.8, 4) is 17.2 Å². The first kappa shape index (κ1) is 26.8. The van der Waals surface area contributed by atoms with Gasteiger partial charge in [-0.2, -0.15) is 0 Å². The molecule has 2 N–H and O–H groups in total. The highest BCUT2D eigenvalue weighted by atomic mass is 16.5. The number of hydrogen-bond donors (Lipinski definition) is 2. The lowest BCUT2D eigenvalue weighted by molar-refractivity contribution is -0.140. The number of amides is 1. The smallest absolute Gasteiger partial charge is 0.295 e. The van der Waals surface area contributed by atoms with Gasteiger partial charge in [-0.1, -0.05) is 35.9 Å². The van der Waals surface area contributed by atoms with Crippen molar-refractivity contribution in [1.29, 1.82) is 0 Å². The Morgan fingerprint density at radius 1 is 1.03 bits per heavy atom. The maximum atomic E-state index is 13.2. The lowest BCUT2D eigenvalue weighted by Crippen LogP contribution is -2.35. The van der Waals surface area contributed by atoms with Gasteiger partial charge in [-0.25, -0.2) is 0 Å². The number of likely N-dealkylation sites (tertiary alicyclic amines) is 1. The molecule has 0 aromatic heterocycles. The molecule has 1 amide bonds. The number of ether oxygens (including phenoxy) is 2. The number of aryl methyl sites for hydroxylation is 1. The topological polar surface area (TPSA) is 99.5 Å². The fourth-order valence-corrected chi connectivity index (χ4v) is 4.46. The third kappa shape index (κ3) is 5.65. The number of hydrogen-bond acceptors (Lipinski definition) is 7. The van der Waals surface area contributed by atoms with Crippen molar-refractivity contribution in [2.75, 3.05) is 34.3 Å². The first-order chi connectivity index (χ1) is 18.2. The normalized spacial score (nSPS) is 16.8. The van der Waals surface area contributed by atoms with Gasteiger partial charge in [-0.15, -0.1) is 0 Å². The van der Waals surface area contributed by atoms with Crippen molar-refractivity contribution < 1.29 is 29.3 Å². The van der Waals surface area contributed by atoms with Crippen LogP contribution in [0.3, 0.4) is 0 Å². The summed E-state index contributed by atoms with van der Waals surface area (Å²) in [4.78, 5) is 29.6. The van der Waals surface area contributed by atoms with Gasteiger partial charge in [0.25, 0.3) is 11.7 Å². The Morgan fingerprint density at radius 3 is 2.42 bits per heavy atom. The number of rotatable bonds is 9. The van der Waals surface area contributed by atoms with Crippen molar-refractivity contribution in [3.05, 3.63) is 94.6 Å². The Balaban J connectivity index is 1.68. The number of aliphatic hydroxyl groups is 1. The van der Waals surface area contributed by atoms with Gasteiger partial charge in [0, 0.05) is 18.7 Å². The number of carbonyl (C=O) groups is 2. The Morgan fingerprint density at radius 2 is 1.76 bits per heavy atom. The summed E-state index contributed by atoms with van der Waals surface area (Å²) in [5.41, 5.74) is 3.09. The minimum atomic E-state index is -0.846. The number of phenols is 1. The Labute approximate surface area is 222 Å². The minimum Gasteiger partial charge on any atom is -0.507 e. The van der Waals surface area contributed by atoms with Gasteiger partial charge < -0.3 is 29.5 Å². The molecule has 1 saturated heterocycles. The fourth-order valence-electron chi connectivity index (χ4n) is 4.46. The highest BCUT2D eigenvalue weighted by Crippen LogP contribution is 2.41. The van der Waals surface area contributed by atoms with E-state index in [4.69, 9.17) is 9.47 Å². The van der Waals surface area contributed by atoms with E-state index in [1.54, 1.807) is 36.4 Å². The van der Waals surface area contributed by atoms with Gasteiger partial charge in [0.15, 0.2) is 11.5 Å². The summed E-state index contributed by atoms with van der Waals surface area (Å²) in [6, 6.07) is 18.6. The second kappa shape index (κ2) is 11.4. The highest BCUT2D eigenvalue weighted by molar-refractivity contribution is 6.46. The molecule has 0 bridgehead atoms. The highest BCUT2D eigenvalue weighted by Gasteiger charge is 2.46. The van der Waals surface area contributed by atoms with Crippen LogP contribution in [0.5, 0.6) is 17.2 Å². The molecule has 1 fully saturated rings. The van der Waals surface area contributed by atoms with Crippen LogP contribution in [-0.2, 0) is 16.2 Å². The van der Waals surface area contributed by atoms with Crippen LogP contribution in [0.25, 0.3) is 5.76 Å². The van der Waals surface area contributed by atoms with Crippen LogP contribution in [0.1, 0.15) is 28.3 Å². The molecular weight excluding hydrogens is 484 g/mol. The second-order valence-corrected chi connectivity index (χ2v) is 9.53. The van der Waals surface area contributed by atoms with E-state index in [1.165, 1.54) is 18.1 Å². The average molecular weight is 517 g/mol. The number of aromatic hydroxyl groups is 1. The van der Waals surface area contributed by atoms with Crippen LogP contribution < -0.4 is 9.47 Å². The monoisotopic (exact) mass is 516 g/mol. The number of Topliss-reactive ketones (excluding diaryl/α,β-unsaturated/α-hetero) is 1. The zero-order chi connectivity index (χ0) is 27.4. The number of likely N-dealkylation sites (N-methyl/N-ethyl adjacent to an activating group) is 1. The Kier molecular flexibility index (Phi) is 8.02. The molecule has 0 aliphatic carbocycles. The molecular formula is C30H32N2O6. The predicted octanol–water partition coefficient (Wildman–Crippen LogP) is 4.27. The van der Waals surface area contributed by atoms with Gasteiger partial charge in [0.1, 0.15) is 18.1 Å². The van der Waals surface area contributed by atoms with Gasteiger partial charge in [-0.3, -0.25) is 9.59 Å². The van der Waals surface area contributed by atoms with Crippen LogP contribution in [0, 0.1) is 6.92 Å². The summed E-state index contributed by atoms with van der Waals surface area (Å²) in [5.74, 6) is -0.993. The average Bonchev–Trinajstić information content (AvgIpc) is 3.16. The van der Waals surface area contributed by atoms with Crippen molar-refractivity contribution in [1.82, 2.24) is 9.80 Å². The van der Waals surface area contributed by atoms with E-state index in [-0.39, 0.29) is 29.4 Å². The summed E-state index contributed by atoms with van der Waals surface area (Å²) < 4.78 is 11.1. The van der Waals surface area contributed by atoms with Gasteiger partial charge in [0.2, 0.25) is 0 Å². The number of methoxy groups -OCH3 is 1. The summed E-state index contributed by atoms with van der Waals surface area (Å²) in [6.45, 7) is 3.21. The number of aliphatic hydroxyl groups excluding tert-OH is 1. The number of benzene rings is 3. The SMILES string of the molecule is COc1cc(C2/C(=C(/O)c3ccc(OCc4cccc(C)c4)cc3)C(=O)C(=O)N2CCN(C)C)ccc1O. The lowest BCUT2D eigenvalue weighted by atomic mass is 9.95. The van der Waals surface area contributed by atoms with Crippen LogP contribution in [0.15, 0.2) is 72.3 Å². The molecule has 1 unspecified atom stereocenters. The maximum absolute atomic E-state index is 13.2. The summed E-state index contributed by atoms with van der Waals surface area (Å²) in [6.07, 6.45) is 0. The summed E-state index contributed by atoms with van der Waals surface area (Å²) in [5, 5.41) is 21.4. The molecule has 1 heterocycles. The molecule has 1 atom stereocenters. The number of carbonyl (C=O) groups excluding carboxylic acids is 2.